The van der Waals surface area contributed by atoms with Gasteiger partial charge in [-0.15, -0.1) is 0 Å². The quantitative estimate of drug-likeness (QED) is 0.323. The maximum atomic E-state index is 13.7. The van der Waals surface area contributed by atoms with Gasteiger partial charge in [-0.3, -0.25) is 0 Å². The highest BCUT2D eigenvalue weighted by molar-refractivity contribution is 6.36. The third kappa shape index (κ3) is 2.14. The van der Waals surface area contributed by atoms with Gasteiger partial charge in [-0.1, -0.05) is 29.1 Å². The molecule has 0 saturated carbocycles. The van der Waals surface area contributed by atoms with E-state index in [1.165, 1.54) is 0 Å². The highest BCUT2D eigenvalue weighted by Crippen LogP contribution is 2.29. The molecule has 0 N–H and O–H groups in total. The van der Waals surface area contributed by atoms with Gasteiger partial charge in [0, 0.05) is 0 Å². The Bertz CT molecular complexity index is 676. The van der Waals surface area contributed by atoms with Gasteiger partial charge in [0.05, 0.1) is 5.39 Å². The summed E-state index contributed by atoms with van der Waals surface area (Å²) in [5, 5.41) is -0.312. The topological polar surface area (TPSA) is 38.7 Å². The molecule has 0 aliphatic rings. The number of hydrogen-bond acceptors (Lipinski definition) is 3. The molecular weight excluding hydrogens is 287 g/mol. The zero-order chi connectivity index (χ0) is 12.6. The summed E-state index contributed by atoms with van der Waals surface area (Å²) in [5.41, 5.74) is 0.128. The number of fused-ring (bicyclic) bond motifs is 1. The average Bonchev–Trinajstić information content (AvgIpc) is 2.25. The molecule has 0 unspecified atom stereocenters. The maximum Gasteiger partial charge on any atom is 0.224 e. The molecule has 0 atom stereocenters. The average molecular weight is 291 g/mol. The Hall–Kier alpha value is -1.15. The van der Waals surface area contributed by atoms with Crippen LogP contribution in [0.5, 0.6) is 0 Å². The fourth-order valence-electron chi connectivity index (χ4n) is 1.29. The van der Waals surface area contributed by atoms with Crippen LogP contribution in [-0.4, -0.2) is 15.0 Å². The van der Waals surface area contributed by atoms with E-state index in [9.17, 15) is 4.39 Å². The lowest BCUT2D eigenvalue weighted by Gasteiger charge is -2.04. The van der Waals surface area contributed by atoms with Crippen LogP contribution >= 0.6 is 34.8 Å². The van der Waals surface area contributed by atoms with Crippen molar-refractivity contribution in [2.45, 2.75) is 6.92 Å². The minimum Gasteiger partial charge on any atom is -0.224 e. The smallest absolute Gasteiger partial charge is 0.224 e. The molecule has 0 radical (unpaired) electrons. The van der Waals surface area contributed by atoms with Crippen molar-refractivity contribution >= 4 is 45.7 Å². The van der Waals surface area contributed by atoms with Crippen molar-refractivity contribution in [2.24, 2.45) is 0 Å². The number of nitrogens with zero attached hydrogens (tertiary/aromatic N) is 3. The summed E-state index contributed by atoms with van der Waals surface area (Å²) < 4.78 is 13.7. The van der Waals surface area contributed by atoms with E-state index in [0.717, 1.165) is 0 Å². The number of halogens is 4. The lowest BCUT2D eigenvalue weighted by Crippen LogP contribution is -1.97. The number of rotatable bonds is 0. The van der Waals surface area contributed by atoms with Gasteiger partial charge in [-0.25, -0.2) is 19.3 Å². The van der Waals surface area contributed by atoms with Gasteiger partial charge in [0.15, 0.2) is 11.0 Å². The van der Waals surface area contributed by atoms with Crippen molar-refractivity contribution in [3.8, 4) is 11.8 Å². The summed E-state index contributed by atoms with van der Waals surface area (Å²) in [7, 11) is 0. The molecule has 86 valence electrons. The van der Waals surface area contributed by atoms with Gasteiger partial charge >= 0.3 is 0 Å². The van der Waals surface area contributed by atoms with Crippen molar-refractivity contribution in [1.82, 2.24) is 15.0 Å². The summed E-state index contributed by atoms with van der Waals surface area (Å²) in [5.74, 6) is 4.49. The van der Waals surface area contributed by atoms with Gasteiger partial charge in [0.1, 0.15) is 16.4 Å². The second-order valence-electron chi connectivity index (χ2n) is 2.95. The number of aromatic nitrogens is 3. The van der Waals surface area contributed by atoms with Crippen molar-refractivity contribution < 1.29 is 4.39 Å². The van der Waals surface area contributed by atoms with Crippen LogP contribution in [0.2, 0.25) is 15.6 Å². The second-order valence-corrected chi connectivity index (χ2v) is 4.00. The van der Waals surface area contributed by atoms with E-state index in [1.54, 1.807) is 6.92 Å². The molecule has 0 saturated heterocycles. The van der Waals surface area contributed by atoms with Crippen molar-refractivity contribution in [1.29, 1.82) is 0 Å². The van der Waals surface area contributed by atoms with E-state index < -0.39 is 5.82 Å². The lowest BCUT2D eigenvalue weighted by atomic mass is 10.2. The largest absolute Gasteiger partial charge is 0.224 e. The number of pyridine rings is 1. The van der Waals surface area contributed by atoms with E-state index in [0.29, 0.717) is 0 Å². The minimum atomic E-state index is -0.797. The van der Waals surface area contributed by atoms with Crippen LogP contribution < -0.4 is 0 Å². The fourth-order valence-corrected chi connectivity index (χ4v) is 1.93. The first-order valence-electron chi connectivity index (χ1n) is 4.35. The van der Waals surface area contributed by atoms with E-state index >= 15 is 0 Å². The molecule has 0 bridgehead atoms. The van der Waals surface area contributed by atoms with Crippen LogP contribution in [0.25, 0.3) is 10.9 Å². The first-order chi connectivity index (χ1) is 8.04. The molecule has 2 aromatic heterocycles. The molecule has 2 heterocycles. The summed E-state index contributed by atoms with van der Waals surface area (Å²) >= 11 is 17.1. The van der Waals surface area contributed by atoms with Gasteiger partial charge < -0.3 is 0 Å². The standard InChI is InChI=1S/C10H3Cl3FN3/c1-2-3-4-5-7(6(14)9(12)15-4)16-10(13)17-8(5)11/h1H3. The molecule has 0 spiro atoms. The van der Waals surface area contributed by atoms with Crippen LogP contribution in [0.15, 0.2) is 0 Å². The van der Waals surface area contributed by atoms with Crippen LogP contribution in [0.3, 0.4) is 0 Å². The van der Waals surface area contributed by atoms with Crippen LogP contribution in [0.4, 0.5) is 4.39 Å². The molecular formula is C10H3Cl3FN3. The molecule has 0 fully saturated rings. The SMILES string of the molecule is CC#Cc1nc(Cl)c(F)c2nc(Cl)nc(Cl)c12. The lowest BCUT2D eigenvalue weighted by molar-refractivity contribution is 0.631. The van der Waals surface area contributed by atoms with Gasteiger partial charge in [0.25, 0.3) is 0 Å². The molecule has 3 nitrogen and oxygen atoms in total. The Morgan fingerprint density at radius 3 is 2.41 bits per heavy atom. The summed E-state index contributed by atoms with van der Waals surface area (Å²) in [6.45, 7) is 1.61. The Balaban J connectivity index is 3.02. The first kappa shape index (κ1) is 12.3. The third-order valence-electron chi connectivity index (χ3n) is 1.92. The highest BCUT2D eigenvalue weighted by atomic mass is 35.5. The minimum absolute atomic E-state index is 0.0131. The zero-order valence-electron chi connectivity index (χ0n) is 8.35. The molecule has 2 aromatic rings. The van der Waals surface area contributed by atoms with E-state index in [-0.39, 0.29) is 32.2 Å². The molecule has 17 heavy (non-hydrogen) atoms. The van der Waals surface area contributed by atoms with Crippen LogP contribution in [-0.2, 0) is 0 Å². The summed E-state index contributed by atoms with van der Waals surface area (Å²) in [4.78, 5) is 11.3. The normalized spacial score (nSPS) is 10.2. The first-order valence-corrected chi connectivity index (χ1v) is 5.48. The Kier molecular flexibility index (Phi) is 3.34. The van der Waals surface area contributed by atoms with Crippen molar-refractivity contribution in [2.75, 3.05) is 0 Å². The van der Waals surface area contributed by atoms with Gasteiger partial charge in [0.2, 0.25) is 5.28 Å². The predicted molar refractivity (Wildman–Crippen MR) is 64.9 cm³/mol. The van der Waals surface area contributed by atoms with E-state index in [4.69, 9.17) is 34.8 Å². The Labute approximate surface area is 111 Å². The molecule has 0 aliphatic heterocycles. The highest BCUT2D eigenvalue weighted by Gasteiger charge is 2.17. The molecule has 7 heteroatoms. The monoisotopic (exact) mass is 289 g/mol. The summed E-state index contributed by atoms with van der Waals surface area (Å²) in [6.07, 6.45) is 0. The van der Waals surface area contributed by atoms with Crippen LogP contribution in [0.1, 0.15) is 12.6 Å². The summed E-state index contributed by atoms with van der Waals surface area (Å²) in [6, 6.07) is 0. The maximum absolute atomic E-state index is 13.7. The van der Waals surface area contributed by atoms with Crippen LogP contribution in [0, 0.1) is 17.7 Å². The fraction of sp³-hybridized carbons (Fsp3) is 0.100. The third-order valence-corrected chi connectivity index (χ3v) is 2.61. The zero-order valence-corrected chi connectivity index (χ0v) is 10.6. The molecule has 0 aromatic carbocycles. The second kappa shape index (κ2) is 4.61. The van der Waals surface area contributed by atoms with Gasteiger partial charge in [-0.05, 0) is 24.4 Å². The van der Waals surface area contributed by atoms with Crippen molar-refractivity contribution in [3.63, 3.8) is 0 Å². The molecule has 2 rings (SSSR count). The van der Waals surface area contributed by atoms with E-state index in [2.05, 4.69) is 26.8 Å². The van der Waals surface area contributed by atoms with Crippen molar-refractivity contribution in [3.05, 3.63) is 27.1 Å². The predicted octanol–water partition coefficient (Wildman–Crippen LogP) is 3.50. The Morgan fingerprint density at radius 1 is 1.06 bits per heavy atom. The Morgan fingerprint density at radius 2 is 1.76 bits per heavy atom. The molecule has 0 amide bonds. The van der Waals surface area contributed by atoms with E-state index in [1.807, 2.05) is 0 Å². The van der Waals surface area contributed by atoms with Gasteiger partial charge in [-0.2, -0.15) is 0 Å². The molecule has 0 aliphatic carbocycles. The number of hydrogen-bond donors (Lipinski definition) is 0.